The molecule has 0 atom stereocenters. The predicted octanol–water partition coefficient (Wildman–Crippen LogP) is 4.40. The van der Waals surface area contributed by atoms with Gasteiger partial charge in [0.05, 0.1) is 0 Å². The molecule has 1 nitrogen and oxygen atoms in total. The van der Waals surface area contributed by atoms with E-state index in [0.717, 1.165) is 0 Å². The number of hydrogen-bond acceptors (Lipinski definition) is 0. The van der Waals surface area contributed by atoms with Gasteiger partial charge in [0.1, 0.15) is 0 Å². The zero-order valence-electron chi connectivity index (χ0n) is 13.0. The Kier molecular flexibility index (Phi) is 7.10. The highest BCUT2D eigenvalue weighted by molar-refractivity contribution is 5.27. The van der Waals surface area contributed by atoms with E-state index in [-0.39, 0.29) is 5.48 Å². The molecule has 2 N–H and O–H groups in total. The first-order valence-corrected chi connectivity index (χ1v) is 6.46. The highest BCUT2D eigenvalue weighted by atomic mass is 16.0. The summed E-state index contributed by atoms with van der Waals surface area (Å²) in [5.41, 5.74) is 8.13. The van der Waals surface area contributed by atoms with E-state index in [1.807, 2.05) is 0 Å². The average molecular weight is 258 g/mol. The van der Waals surface area contributed by atoms with Gasteiger partial charge in [0.2, 0.25) is 0 Å². The lowest BCUT2D eigenvalue weighted by molar-refractivity contribution is 0.824. The first-order valence-electron chi connectivity index (χ1n) is 6.46. The van der Waals surface area contributed by atoms with E-state index >= 15 is 0 Å². The van der Waals surface area contributed by atoms with Crippen molar-refractivity contribution < 1.29 is 5.48 Å². The lowest BCUT2D eigenvalue weighted by Gasteiger charge is -1.96. The zero-order chi connectivity index (χ0) is 13.7. The second kappa shape index (κ2) is 7.75. The van der Waals surface area contributed by atoms with Gasteiger partial charge < -0.3 is 5.48 Å². The van der Waals surface area contributed by atoms with E-state index in [1.165, 1.54) is 33.4 Å². The molecular weight excluding hydrogens is 232 g/mol. The summed E-state index contributed by atoms with van der Waals surface area (Å²) in [6.45, 7) is 12.8. The zero-order valence-corrected chi connectivity index (χ0v) is 13.0. The Bertz CT molecular complexity index is 377. The van der Waals surface area contributed by atoms with Gasteiger partial charge in [-0.15, -0.1) is 0 Å². The molecule has 0 fully saturated rings. The van der Waals surface area contributed by atoms with Crippen LogP contribution in [0, 0.1) is 41.5 Å². The van der Waals surface area contributed by atoms with E-state index in [0.29, 0.717) is 0 Å². The molecule has 0 saturated heterocycles. The summed E-state index contributed by atoms with van der Waals surface area (Å²) in [7, 11) is 0. The van der Waals surface area contributed by atoms with Crippen LogP contribution in [0.25, 0.3) is 0 Å². The standard InChI is InChI=1S/2C9H12.H2O/c2*1-7-4-8(2)6-9(3)5-7;/h2*4-6H,1-3H3;1H2. The predicted molar refractivity (Wildman–Crippen MR) is 84.9 cm³/mol. The maximum atomic E-state index is 2.19. The van der Waals surface area contributed by atoms with Crippen molar-refractivity contribution in [1.82, 2.24) is 0 Å². The Morgan fingerprint density at radius 2 is 0.474 bits per heavy atom. The number of rotatable bonds is 0. The Hall–Kier alpha value is -1.60. The fraction of sp³-hybridized carbons (Fsp3) is 0.333. The van der Waals surface area contributed by atoms with Gasteiger partial charge >= 0.3 is 0 Å². The van der Waals surface area contributed by atoms with Gasteiger partial charge in [-0.25, -0.2) is 0 Å². The summed E-state index contributed by atoms with van der Waals surface area (Å²) in [6, 6.07) is 13.1. The Morgan fingerprint density at radius 1 is 0.368 bits per heavy atom. The maximum absolute atomic E-state index is 2.19. The van der Waals surface area contributed by atoms with E-state index in [4.69, 9.17) is 0 Å². The van der Waals surface area contributed by atoms with Gasteiger partial charge in [0, 0.05) is 0 Å². The van der Waals surface area contributed by atoms with E-state index in [9.17, 15) is 0 Å². The maximum Gasteiger partial charge on any atom is -0.0398 e. The van der Waals surface area contributed by atoms with E-state index in [1.54, 1.807) is 0 Å². The van der Waals surface area contributed by atoms with Crippen molar-refractivity contribution in [3.8, 4) is 0 Å². The molecule has 0 spiro atoms. The molecule has 0 aliphatic rings. The van der Waals surface area contributed by atoms with Crippen molar-refractivity contribution in [2.45, 2.75) is 41.5 Å². The number of aryl methyl sites for hydroxylation is 6. The van der Waals surface area contributed by atoms with Crippen LogP contribution in [0.4, 0.5) is 0 Å². The largest absolute Gasteiger partial charge is 0.412 e. The molecule has 104 valence electrons. The third-order valence-corrected chi connectivity index (χ3v) is 2.73. The van der Waals surface area contributed by atoms with Crippen molar-refractivity contribution >= 4 is 0 Å². The van der Waals surface area contributed by atoms with Gasteiger partial charge in [0.25, 0.3) is 0 Å². The third-order valence-electron chi connectivity index (χ3n) is 2.73. The summed E-state index contributed by atoms with van der Waals surface area (Å²) in [6.07, 6.45) is 0. The molecule has 1 heteroatoms. The Balaban J connectivity index is 0.000000324. The van der Waals surface area contributed by atoms with Crippen LogP contribution in [0.1, 0.15) is 33.4 Å². The molecule has 0 aliphatic carbocycles. The fourth-order valence-electron chi connectivity index (χ4n) is 2.40. The second-order valence-electron chi connectivity index (χ2n) is 5.33. The minimum absolute atomic E-state index is 0. The molecule has 0 saturated carbocycles. The summed E-state index contributed by atoms with van der Waals surface area (Å²) in [4.78, 5) is 0. The number of hydrogen-bond donors (Lipinski definition) is 0. The topological polar surface area (TPSA) is 31.5 Å². The normalized spacial score (nSPS) is 9.16. The SMILES string of the molecule is Cc1cc(C)cc(C)c1.Cc1cc(C)cc(C)c1.O. The lowest BCUT2D eigenvalue weighted by atomic mass is 10.1. The molecule has 0 unspecified atom stereocenters. The molecular formula is C18H26O. The molecule has 2 aromatic carbocycles. The first-order chi connectivity index (χ1) is 8.36. The van der Waals surface area contributed by atoms with E-state index < -0.39 is 0 Å². The van der Waals surface area contributed by atoms with Gasteiger partial charge in [-0.3, -0.25) is 0 Å². The van der Waals surface area contributed by atoms with Gasteiger partial charge in [-0.05, 0) is 41.5 Å². The highest BCUT2D eigenvalue weighted by Crippen LogP contribution is 2.07. The molecule has 0 heterocycles. The number of benzene rings is 2. The smallest absolute Gasteiger partial charge is 0.0398 e. The minimum Gasteiger partial charge on any atom is -0.412 e. The minimum atomic E-state index is 0. The molecule has 2 rings (SSSR count). The van der Waals surface area contributed by atoms with Crippen LogP contribution in [0.15, 0.2) is 36.4 Å². The average Bonchev–Trinajstić information content (AvgIpc) is 2.12. The van der Waals surface area contributed by atoms with Crippen LogP contribution >= 0.6 is 0 Å². The van der Waals surface area contributed by atoms with Gasteiger partial charge in [-0.1, -0.05) is 69.8 Å². The van der Waals surface area contributed by atoms with Crippen LogP contribution in [0.5, 0.6) is 0 Å². The van der Waals surface area contributed by atoms with Crippen LogP contribution < -0.4 is 0 Å². The first kappa shape index (κ1) is 17.4. The molecule has 0 aromatic heterocycles. The van der Waals surface area contributed by atoms with Crippen molar-refractivity contribution in [1.29, 1.82) is 0 Å². The van der Waals surface area contributed by atoms with Gasteiger partial charge in [0.15, 0.2) is 0 Å². The summed E-state index contributed by atoms with van der Waals surface area (Å²) in [5.74, 6) is 0. The van der Waals surface area contributed by atoms with Crippen LogP contribution in [-0.4, -0.2) is 5.48 Å². The molecule has 0 bridgehead atoms. The van der Waals surface area contributed by atoms with E-state index in [2.05, 4.69) is 77.9 Å². The van der Waals surface area contributed by atoms with Crippen molar-refractivity contribution in [3.63, 3.8) is 0 Å². The lowest BCUT2D eigenvalue weighted by Crippen LogP contribution is -1.78. The summed E-state index contributed by atoms with van der Waals surface area (Å²) in [5, 5.41) is 0. The fourth-order valence-corrected chi connectivity index (χ4v) is 2.40. The molecule has 19 heavy (non-hydrogen) atoms. The Labute approximate surface area is 117 Å². The van der Waals surface area contributed by atoms with Crippen LogP contribution in [0.3, 0.4) is 0 Å². The molecule has 2 aromatic rings. The summed E-state index contributed by atoms with van der Waals surface area (Å²) < 4.78 is 0. The third kappa shape index (κ3) is 6.78. The van der Waals surface area contributed by atoms with Crippen molar-refractivity contribution in [2.24, 2.45) is 0 Å². The van der Waals surface area contributed by atoms with Crippen LogP contribution in [0.2, 0.25) is 0 Å². The molecule has 0 radical (unpaired) electrons. The van der Waals surface area contributed by atoms with Crippen molar-refractivity contribution in [2.75, 3.05) is 0 Å². The highest BCUT2D eigenvalue weighted by Gasteiger charge is 1.88. The second-order valence-corrected chi connectivity index (χ2v) is 5.33. The molecule has 0 aliphatic heterocycles. The summed E-state index contributed by atoms with van der Waals surface area (Å²) >= 11 is 0. The quantitative estimate of drug-likeness (QED) is 0.671. The van der Waals surface area contributed by atoms with Crippen LogP contribution in [-0.2, 0) is 0 Å². The monoisotopic (exact) mass is 258 g/mol. The van der Waals surface area contributed by atoms with Crippen molar-refractivity contribution in [3.05, 3.63) is 69.8 Å². The molecule has 0 amide bonds. The van der Waals surface area contributed by atoms with Gasteiger partial charge in [-0.2, -0.15) is 0 Å². The Morgan fingerprint density at radius 3 is 0.579 bits per heavy atom.